The van der Waals surface area contributed by atoms with Gasteiger partial charge in [-0.15, -0.1) is 11.3 Å². The Labute approximate surface area is 144 Å². The van der Waals surface area contributed by atoms with Crippen molar-refractivity contribution in [2.45, 2.75) is 38.8 Å². The van der Waals surface area contributed by atoms with E-state index in [1.807, 2.05) is 24.4 Å². The Hall–Kier alpha value is -2.28. The van der Waals surface area contributed by atoms with Crippen molar-refractivity contribution in [2.24, 2.45) is 5.92 Å². The first-order valence-corrected chi connectivity index (χ1v) is 8.91. The smallest absolute Gasteiger partial charge is 0.271 e. The molecule has 24 heavy (non-hydrogen) atoms. The first-order chi connectivity index (χ1) is 11.6. The van der Waals surface area contributed by atoms with Gasteiger partial charge in [0.25, 0.3) is 5.91 Å². The first kappa shape index (κ1) is 16.6. The number of carbonyl (C=O) groups excluding carboxylic acids is 2. The molecule has 2 heterocycles. The third-order valence-corrected chi connectivity index (χ3v) is 5.08. The molecule has 7 heteroatoms. The third-order valence-electron chi connectivity index (χ3n) is 4.20. The van der Waals surface area contributed by atoms with E-state index in [4.69, 9.17) is 0 Å². The van der Waals surface area contributed by atoms with Gasteiger partial charge in [0.1, 0.15) is 5.69 Å². The topological polar surface area (TPSA) is 84.0 Å². The fourth-order valence-corrected chi connectivity index (χ4v) is 3.56. The molecule has 2 aromatic rings. The van der Waals surface area contributed by atoms with E-state index in [0.29, 0.717) is 6.54 Å². The Morgan fingerprint density at radius 1 is 1.29 bits per heavy atom. The predicted octanol–water partition coefficient (Wildman–Crippen LogP) is 2.06. The number of amides is 2. The molecule has 3 rings (SSSR count). The Balaban J connectivity index is 1.57. The molecule has 2 amide bonds. The summed E-state index contributed by atoms with van der Waals surface area (Å²) in [6.07, 6.45) is 5.56. The highest BCUT2D eigenvalue weighted by Gasteiger charge is 2.34. The van der Waals surface area contributed by atoms with Gasteiger partial charge in [0.15, 0.2) is 0 Å². The first-order valence-electron chi connectivity index (χ1n) is 8.03. The van der Waals surface area contributed by atoms with Crippen LogP contribution >= 0.6 is 11.3 Å². The summed E-state index contributed by atoms with van der Waals surface area (Å²) in [5.41, 5.74) is 1.04. The second kappa shape index (κ2) is 7.53. The van der Waals surface area contributed by atoms with Crippen molar-refractivity contribution >= 4 is 23.2 Å². The average Bonchev–Trinajstić information content (AvgIpc) is 3.25. The van der Waals surface area contributed by atoms with E-state index in [2.05, 4.69) is 20.6 Å². The summed E-state index contributed by atoms with van der Waals surface area (Å²) in [6, 6.07) is 3.81. The van der Waals surface area contributed by atoms with E-state index in [9.17, 15) is 9.59 Å². The quantitative estimate of drug-likeness (QED) is 0.869. The molecule has 1 aliphatic carbocycles. The van der Waals surface area contributed by atoms with Gasteiger partial charge < -0.3 is 10.6 Å². The van der Waals surface area contributed by atoms with Gasteiger partial charge in [-0.1, -0.05) is 12.5 Å². The molecule has 0 spiro atoms. The standard InChI is InChI=1S/C17H20N4O2S/c1-11-8-19-15(10-18-11)17(23)21-14-6-2-5-13(14)16(22)20-9-12-4-3-7-24-12/h3-4,7-8,10,13-14H,2,5-6,9H2,1H3,(H,20,22)(H,21,23)/t13-,14+/m0/s1. The van der Waals surface area contributed by atoms with Crippen molar-refractivity contribution in [2.75, 3.05) is 0 Å². The molecule has 0 unspecified atom stereocenters. The minimum Gasteiger partial charge on any atom is -0.351 e. The molecule has 0 saturated heterocycles. The van der Waals surface area contributed by atoms with Crippen LogP contribution in [0.3, 0.4) is 0 Å². The molecule has 2 atom stereocenters. The average molecular weight is 344 g/mol. The van der Waals surface area contributed by atoms with Gasteiger partial charge in [-0.2, -0.15) is 0 Å². The lowest BCUT2D eigenvalue weighted by Crippen LogP contribution is -2.44. The second-order valence-electron chi connectivity index (χ2n) is 5.96. The van der Waals surface area contributed by atoms with E-state index >= 15 is 0 Å². The largest absolute Gasteiger partial charge is 0.351 e. The van der Waals surface area contributed by atoms with E-state index < -0.39 is 0 Å². The van der Waals surface area contributed by atoms with Gasteiger partial charge in [0.2, 0.25) is 5.91 Å². The van der Waals surface area contributed by atoms with Crippen molar-refractivity contribution in [3.63, 3.8) is 0 Å². The van der Waals surface area contributed by atoms with Crippen molar-refractivity contribution in [3.8, 4) is 0 Å². The minimum atomic E-state index is -0.273. The van der Waals surface area contributed by atoms with Crippen LogP contribution in [-0.2, 0) is 11.3 Å². The summed E-state index contributed by atoms with van der Waals surface area (Å²) in [5.74, 6) is -0.459. The molecule has 1 saturated carbocycles. The highest BCUT2D eigenvalue weighted by molar-refractivity contribution is 7.09. The molecular formula is C17H20N4O2S. The monoisotopic (exact) mass is 344 g/mol. The van der Waals surface area contributed by atoms with Crippen LogP contribution in [0, 0.1) is 12.8 Å². The van der Waals surface area contributed by atoms with Gasteiger partial charge in [-0.05, 0) is 31.2 Å². The van der Waals surface area contributed by atoms with E-state index in [1.165, 1.54) is 6.20 Å². The highest BCUT2D eigenvalue weighted by Crippen LogP contribution is 2.26. The lowest BCUT2D eigenvalue weighted by molar-refractivity contribution is -0.125. The molecule has 0 aliphatic heterocycles. The number of thiophene rings is 1. The van der Waals surface area contributed by atoms with Gasteiger partial charge in [-0.3, -0.25) is 14.6 Å². The number of hydrogen-bond acceptors (Lipinski definition) is 5. The molecule has 126 valence electrons. The van der Waals surface area contributed by atoms with Crippen molar-refractivity contribution < 1.29 is 9.59 Å². The predicted molar refractivity (Wildman–Crippen MR) is 91.5 cm³/mol. The summed E-state index contributed by atoms with van der Waals surface area (Å²) in [7, 11) is 0. The van der Waals surface area contributed by atoms with E-state index in [-0.39, 0.29) is 29.5 Å². The van der Waals surface area contributed by atoms with Crippen LogP contribution in [0.2, 0.25) is 0 Å². The minimum absolute atomic E-state index is 0.00110. The van der Waals surface area contributed by atoms with Crippen LogP contribution in [0.4, 0.5) is 0 Å². The zero-order valence-corrected chi connectivity index (χ0v) is 14.3. The fourth-order valence-electron chi connectivity index (χ4n) is 2.92. The zero-order chi connectivity index (χ0) is 16.9. The summed E-state index contributed by atoms with van der Waals surface area (Å²) >= 11 is 1.62. The number of aromatic nitrogens is 2. The Morgan fingerprint density at radius 2 is 2.17 bits per heavy atom. The number of rotatable bonds is 5. The Morgan fingerprint density at radius 3 is 2.88 bits per heavy atom. The maximum absolute atomic E-state index is 12.4. The Kier molecular flexibility index (Phi) is 5.20. The van der Waals surface area contributed by atoms with Crippen molar-refractivity contribution in [3.05, 3.63) is 46.2 Å². The van der Waals surface area contributed by atoms with Crippen LogP contribution < -0.4 is 10.6 Å². The van der Waals surface area contributed by atoms with E-state index in [0.717, 1.165) is 29.8 Å². The molecular weight excluding hydrogens is 324 g/mol. The zero-order valence-electron chi connectivity index (χ0n) is 13.5. The lowest BCUT2D eigenvalue weighted by Gasteiger charge is -2.20. The van der Waals surface area contributed by atoms with Crippen LogP contribution in [0.1, 0.15) is 40.3 Å². The van der Waals surface area contributed by atoms with Crippen LogP contribution in [0.15, 0.2) is 29.9 Å². The molecule has 0 aromatic carbocycles. The summed E-state index contributed by atoms with van der Waals surface area (Å²) in [5, 5.41) is 7.90. The lowest BCUT2D eigenvalue weighted by atomic mass is 10.0. The summed E-state index contributed by atoms with van der Waals surface area (Å²) in [4.78, 5) is 34.0. The highest BCUT2D eigenvalue weighted by atomic mass is 32.1. The number of nitrogens with zero attached hydrogens (tertiary/aromatic N) is 2. The number of carbonyl (C=O) groups is 2. The summed E-state index contributed by atoms with van der Waals surface area (Å²) < 4.78 is 0. The van der Waals surface area contributed by atoms with Gasteiger partial charge in [-0.25, -0.2) is 4.98 Å². The maximum Gasteiger partial charge on any atom is 0.271 e. The fraction of sp³-hybridized carbons (Fsp3) is 0.412. The molecule has 2 aromatic heterocycles. The maximum atomic E-state index is 12.4. The van der Waals surface area contributed by atoms with Gasteiger partial charge in [0.05, 0.1) is 24.4 Å². The molecule has 1 aliphatic rings. The molecule has 0 bridgehead atoms. The van der Waals surface area contributed by atoms with E-state index in [1.54, 1.807) is 17.5 Å². The van der Waals surface area contributed by atoms with Crippen molar-refractivity contribution in [1.29, 1.82) is 0 Å². The normalized spacial score (nSPS) is 19.9. The summed E-state index contributed by atoms with van der Waals surface area (Å²) in [6.45, 7) is 2.36. The number of aryl methyl sites for hydroxylation is 1. The molecule has 0 radical (unpaired) electrons. The Bertz CT molecular complexity index is 700. The molecule has 1 fully saturated rings. The van der Waals surface area contributed by atoms with Gasteiger partial charge >= 0.3 is 0 Å². The molecule has 2 N–H and O–H groups in total. The second-order valence-corrected chi connectivity index (χ2v) is 6.99. The number of hydrogen-bond donors (Lipinski definition) is 2. The SMILES string of the molecule is Cc1cnc(C(=O)N[C@@H]2CCC[C@@H]2C(=O)NCc2cccs2)cn1. The number of nitrogens with one attached hydrogen (secondary N) is 2. The van der Waals surface area contributed by atoms with Crippen molar-refractivity contribution in [1.82, 2.24) is 20.6 Å². The van der Waals surface area contributed by atoms with Crippen LogP contribution in [-0.4, -0.2) is 27.8 Å². The third kappa shape index (κ3) is 3.97. The molecule has 6 nitrogen and oxygen atoms in total. The van der Waals surface area contributed by atoms with Gasteiger partial charge in [0, 0.05) is 17.1 Å². The van der Waals surface area contributed by atoms with Crippen LogP contribution in [0.5, 0.6) is 0 Å². The van der Waals surface area contributed by atoms with Crippen LogP contribution in [0.25, 0.3) is 0 Å².